The molecule has 1 N–H and O–H groups in total. The van der Waals surface area contributed by atoms with Crippen LogP contribution < -0.4 is 5.43 Å². The lowest BCUT2D eigenvalue weighted by atomic mass is 10.2. The number of carbonyl (C=O) groups is 1. The lowest BCUT2D eigenvalue weighted by Gasteiger charge is -2.18. The summed E-state index contributed by atoms with van der Waals surface area (Å²) < 4.78 is 26.5. The van der Waals surface area contributed by atoms with Crippen molar-refractivity contribution in [3.8, 4) is 0 Å². The number of aryl methyl sites for hydroxylation is 1. The fourth-order valence-electron chi connectivity index (χ4n) is 2.39. The van der Waals surface area contributed by atoms with Crippen LogP contribution in [0.2, 0.25) is 0 Å². The van der Waals surface area contributed by atoms with Crippen LogP contribution in [0.25, 0.3) is 0 Å². The first-order valence-electron chi connectivity index (χ1n) is 8.38. The molecule has 2 aromatic rings. The zero-order valence-electron chi connectivity index (χ0n) is 15.1. The first-order chi connectivity index (χ1) is 12.4. The molecule has 2 aromatic carbocycles. The van der Waals surface area contributed by atoms with Gasteiger partial charge in [0, 0.05) is 18.7 Å². The standard InChI is InChI=1S/C19H23N3O3S/c1-4-22(5-2)26(24,25)18-8-6-7-17(13-18)19(23)21-20-14-16-11-9-15(3)10-12-16/h6-14H,4-5H2,1-3H3,(H,21,23)/b20-14+. The molecule has 6 nitrogen and oxygen atoms in total. The van der Waals surface area contributed by atoms with E-state index in [9.17, 15) is 13.2 Å². The summed E-state index contributed by atoms with van der Waals surface area (Å²) in [4.78, 5) is 12.3. The van der Waals surface area contributed by atoms with Crippen LogP contribution in [-0.2, 0) is 10.0 Å². The minimum Gasteiger partial charge on any atom is -0.267 e. The molecule has 0 unspecified atom stereocenters. The lowest BCUT2D eigenvalue weighted by Crippen LogP contribution is -2.30. The lowest BCUT2D eigenvalue weighted by molar-refractivity contribution is 0.0955. The molecule has 0 aliphatic heterocycles. The fourth-order valence-corrected chi connectivity index (χ4v) is 3.90. The molecule has 0 heterocycles. The first kappa shape index (κ1) is 19.8. The number of hydrogen-bond acceptors (Lipinski definition) is 4. The number of amides is 1. The summed E-state index contributed by atoms with van der Waals surface area (Å²) in [6.45, 7) is 6.28. The third-order valence-corrected chi connectivity index (χ3v) is 5.94. The molecule has 0 aromatic heterocycles. The van der Waals surface area contributed by atoms with Crippen LogP contribution in [-0.4, -0.2) is 37.9 Å². The number of hydrogen-bond donors (Lipinski definition) is 1. The summed E-state index contributed by atoms with van der Waals surface area (Å²) in [6, 6.07) is 13.6. The summed E-state index contributed by atoms with van der Waals surface area (Å²) in [5.41, 5.74) is 4.65. The van der Waals surface area contributed by atoms with Gasteiger partial charge in [-0.25, -0.2) is 13.8 Å². The first-order valence-corrected chi connectivity index (χ1v) is 9.82. The molecule has 0 radical (unpaired) electrons. The van der Waals surface area contributed by atoms with Gasteiger partial charge in [-0.2, -0.15) is 9.41 Å². The van der Waals surface area contributed by atoms with Gasteiger partial charge in [0.05, 0.1) is 11.1 Å². The Morgan fingerprint density at radius 3 is 2.38 bits per heavy atom. The number of nitrogens with zero attached hydrogens (tertiary/aromatic N) is 2. The van der Waals surface area contributed by atoms with Crippen molar-refractivity contribution in [3.63, 3.8) is 0 Å². The number of benzene rings is 2. The Kier molecular flexibility index (Phi) is 6.65. The quantitative estimate of drug-likeness (QED) is 0.599. The monoisotopic (exact) mass is 373 g/mol. The molecule has 0 saturated heterocycles. The number of rotatable bonds is 7. The molecule has 7 heteroatoms. The van der Waals surface area contributed by atoms with Crippen molar-refractivity contribution in [1.82, 2.24) is 9.73 Å². The SMILES string of the molecule is CCN(CC)S(=O)(=O)c1cccc(C(=O)N/N=C/c2ccc(C)cc2)c1. The zero-order chi connectivity index (χ0) is 19.2. The summed E-state index contributed by atoms with van der Waals surface area (Å²) in [5, 5.41) is 3.92. The molecule has 0 spiro atoms. The molecular formula is C19H23N3O3S. The van der Waals surface area contributed by atoms with Gasteiger partial charge in [-0.1, -0.05) is 49.7 Å². The molecule has 0 aliphatic rings. The molecular weight excluding hydrogens is 350 g/mol. The highest BCUT2D eigenvalue weighted by Crippen LogP contribution is 2.17. The van der Waals surface area contributed by atoms with Crippen molar-refractivity contribution in [2.45, 2.75) is 25.7 Å². The zero-order valence-corrected chi connectivity index (χ0v) is 16.0. The van der Waals surface area contributed by atoms with E-state index in [1.165, 1.54) is 22.7 Å². The Morgan fingerprint density at radius 1 is 1.12 bits per heavy atom. The molecule has 0 fully saturated rings. The Balaban J connectivity index is 2.14. The van der Waals surface area contributed by atoms with E-state index in [4.69, 9.17) is 0 Å². The summed E-state index contributed by atoms with van der Waals surface area (Å²) in [7, 11) is -3.61. The molecule has 2 rings (SSSR count). The maximum Gasteiger partial charge on any atom is 0.271 e. The normalized spacial score (nSPS) is 11.8. The number of carbonyl (C=O) groups excluding carboxylic acids is 1. The van der Waals surface area contributed by atoms with Gasteiger partial charge in [0.15, 0.2) is 0 Å². The minimum atomic E-state index is -3.61. The Morgan fingerprint density at radius 2 is 1.77 bits per heavy atom. The van der Waals surface area contributed by atoms with Gasteiger partial charge < -0.3 is 0 Å². The van der Waals surface area contributed by atoms with Crippen molar-refractivity contribution >= 4 is 22.1 Å². The highest BCUT2D eigenvalue weighted by atomic mass is 32.2. The highest BCUT2D eigenvalue weighted by molar-refractivity contribution is 7.89. The molecule has 26 heavy (non-hydrogen) atoms. The van der Waals surface area contributed by atoms with Crippen LogP contribution in [0.1, 0.15) is 35.3 Å². The van der Waals surface area contributed by atoms with E-state index in [0.717, 1.165) is 11.1 Å². The third-order valence-electron chi connectivity index (χ3n) is 3.90. The maximum absolute atomic E-state index is 12.6. The van der Waals surface area contributed by atoms with Gasteiger partial charge in [0.25, 0.3) is 5.91 Å². The number of hydrazone groups is 1. The van der Waals surface area contributed by atoms with Crippen LogP contribution in [0, 0.1) is 6.92 Å². The predicted octanol–water partition coefficient (Wildman–Crippen LogP) is 2.79. The average molecular weight is 373 g/mol. The van der Waals surface area contributed by atoms with E-state index in [1.807, 2.05) is 31.2 Å². The number of sulfonamides is 1. The van der Waals surface area contributed by atoms with Gasteiger partial charge in [-0.05, 0) is 30.7 Å². The Bertz CT molecular complexity index is 887. The minimum absolute atomic E-state index is 0.0939. The average Bonchev–Trinajstić information content (AvgIpc) is 2.64. The van der Waals surface area contributed by atoms with Crippen molar-refractivity contribution in [3.05, 3.63) is 65.2 Å². The van der Waals surface area contributed by atoms with Crippen molar-refractivity contribution in [2.75, 3.05) is 13.1 Å². The van der Waals surface area contributed by atoms with E-state index in [-0.39, 0.29) is 10.5 Å². The van der Waals surface area contributed by atoms with E-state index >= 15 is 0 Å². The second kappa shape index (κ2) is 8.73. The van der Waals surface area contributed by atoms with Crippen molar-refractivity contribution in [2.24, 2.45) is 5.10 Å². The van der Waals surface area contributed by atoms with Crippen LogP contribution >= 0.6 is 0 Å². The van der Waals surface area contributed by atoms with E-state index in [2.05, 4.69) is 10.5 Å². The van der Waals surface area contributed by atoms with E-state index in [0.29, 0.717) is 13.1 Å². The van der Waals surface area contributed by atoms with Gasteiger partial charge in [-0.15, -0.1) is 0 Å². The van der Waals surface area contributed by atoms with Crippen LogP contribution in [0.15, 0.2) is 58.5 Å². The van der Waals surface area contributed by atoms with E-state index in [1.54, 1.807) is 26.0 Å². The summed E-state index contributed by atoms with van der Waals surface area (Å²) >= 11 is 0. The van der Waals surface area contributed by atoms with Crippen molar-refractivity contribution < 1.29 is 13.2 Å². The third kappa shape index (κ3) is 4.77. The van der Waals surface area contributed by atoms with Crippen LogP contribution in [0.5, 0.6) is 0 Å². The molecule has 0 saturated carbocycles. The van der Waals surface area contributed by atoms with Gasteiger partial charge >= 0.3 is 0 Å². The van der Waals surface area contributed by atoms with Gasteiger partial charge in [0.1, 0.15) is 0 Å². The number of nitrogens with one attached hydrogen (secondary N) is 1. The van der Waals surface area contributed by atoms with Gasteiger partial charge in [-0.3, -0.25) is 4.79 Å². The molecule has 0 aliphatic carbocycles. The molecule has 1 amide bonds. The Hall–Kier alpha value is -2.51. The predicted molar refractivity (Wildman–Crippen MR) is 103 cm³/mol. The topological polar surface area (TPSA) is 78.8 Å². The fraction of sp³-hybridized carbons (Fsp3) is 0.263. The van der Waals surface area contributed by atoms with Crippen molar-refractivity contribution in [1.29, 1.82) is 0 Å². The summed E-state index contributed by atoms with van der Waals surface area (Å²) in [6.07, 6.45) is 1.54. The smallest absolute Gasteiger partial charge is 0.267 e. The second-order valence-electron chi connectivity index (χ2n) is 5.73. The second-order valence-corrected chi connectivity index (χ2v) is 7.66. The van der Waals surface area contributed by atoms with Crippen LogP contribution in [0.3, 0.4) is 0 Å². The molecule has 0 bridgehead atoms. The summed E-state index contributed by atoms with van der Waals surface area (Å²) in [5.74, 6) is -0.468. The molecule has 0 atom stereocenters. The van der Waals surface area contributed by atoms with E-state index < -0.39 is 15.9 Å². The highest BCUT2D eigenvalue weighted by Gasteiger charge is 2.22. The van der Waals surface area contributed by atoms with Gasteiger partial charge in [0.2, 0.25) is 10.0 Å². The largest absolute Gasteiger partial charge is 0.271 e. The maximum atomic E-state index is 12.6. The van der Waals surface area contributed by atoms with Crippen LogP contribution in [0.4, 0.5) is 0 Å². The molecule has 138 valence electrons. The Labute approximate surface area is 154 Å².